The molecule has 0 bridgehead atoms. The molecule has 1 heterocycles. The predicted octanol–water partition coefficient (Wildman–Crippen LogP) is 5.51. The van der Waals surface area contributed by atoms with Crippen molar-refractivity contribution < 1.29 is 23.8 Å². The van der Waals surface area contributed by atoms with Crippen LogP contribution in [0.5, 0.6) is 11.5 Å². The average Bonchev–Trinajstić information content (AvgIpc) is 2.78. The minimum Gasteiger partial charge on any atom is -0.492 e. The first-order valence-electron chi connectivity index (χ1n) is 10.6. The fourth-order valence-electron chi connectivity index (χ4n) is 3.51. The lowest BCUT2D eigenvalue weighted by Crippen LogP contribution is -2.45. The fraction of sp³-hybridized carbons (Fsp3) is 0.333. The molecule has 0 radical (unpaired) electrons. The monoisotopic (exact) mass is 492 g/mol. The van der Waals surface area contributed by atoms with Gasteiger partial charge in [0.15, 0.2) is 5.75 Å². The maximum atomic E-state index is 13.3. The second-order valence-corrected chi connectivity index (χ2v) is 8.21. The summed E-state index contributed by atoms with van der Waals surface area (Å²) in [5, 5.41) is 5.93. The van der Waals surface area contributed by atoms with Crippen LogP contribution in [-0.4, -0.2) is 31.3 Å². The molecule has 1 unspecified atom stereocenters. The lowest BCUT2D eigenvalue weighted by atomic mass is 9.92. The van der Waals surface area contributed by atoms with Gasteiger partial charge < -0.3 is 24.8 Å². The maximum absolute atomic E-state index is 13.3. The summed E-state index contributed by atoms with van der Waals surface area (Å²) in [4.78, 5) is 26.0. The molecule has 0 saturated carbocycles. The van der Waals surface area contributed by atoms with Crippen LogP contribution in [0.4, 0.5) is 4.79 Å². The molecule has 0 fully saturated rings. The van der Waals surface area contributed by atoms with Gasteiger partial charge in [-0.25, -0.2) is 9.59 Å². The third kappa shape index (κ3) is 5.37. The molecule has 2 aromatic carbocycles. The molecule has 1 atom stereocenters. The van der Waals surface area contributed by atoms with Crippen LogP contribution in [0, 0.1) is 0 Å². The molecule has 7 nitrogen and oxygen atoms in total. The quantitative estimate of drug-likeness (QED) is 0.474. The van der Waals surface area contributed by atoms with Gasteiger partial charge in [0.05, 0.1) is 41.7 Å². The molecule has 33 heavy (non-hydrogen) atoms. The van der Waals surface area contributed by atoms with E-state index in [0.717, 1.165) is 0 Å². The van der Waals surface area contributed by atoms with Crippen molar-refractivity contribution in [2.45, 2.75) is 39.8 Å². The number of rotatable bonds is 8. The average molecular weight is 493 g/mol. The standard InChI is InChI=1S/C24H26Cl2N2O5/c1-5-31-21-15(12-16(25)22(18(21)26)32-6-2)20-17(23(29)33-13(3)4)19(27-24(30)28-20)14-10-8-7-9-11-14/h7-13,20H,5-6H2,1-4H3,(H2,27,28,30). The molecular formula is C24H26Cl2N2O5. The van der Waals surface area contributed by atoms with E-state index in [1.807, 2.05) is 25.1 Å². The van der Waals surface area contributed by atoms with Crippen LogP contribution in [0.2, 0.25) is 10.0 Å². The summed E-state index contributed by atoms with van der Waals surface area (Å²) in [6.45, 7) is 7.75. The number of carbonyl (C=O) groups excluding carboxylic acids is 2. The van der Waals surface area contributed by atoms with Crippen molar-refractivity contribution in [3.8, 4) is 11.5 Å². The smallest absolute Gasteiger partial charge is 0.338 e. The Morgan fingerprint density at radius 2 is 1.70 bits per heavy atom. The minimum absolute atomic E-state index is 0.159. The van der Waals surface area contributed by atoms with Crippen molar-refractivity contribution in [1.29, 1.82) is 0 Å². The number of hydrogen-bond donors (Lipinski definition) is 2. The van der Waals surface area contributed by atoms with Gasteiger partial charge in [0, 0.05) is 5.56 Å². The molecule has 0 spiro atoms. The highest BCUT2D eigenvalue weighted by molar-refractivity contribution is 6.38. The number of amides is 2. The number of ether oxygens (including phenoxy) is 3. The highest BCUT2D eigenvalue weighted by Gasteiger charge is 2.37. The van der Waals surface area contributed by atoms with Crippen molar-refractivity contribution in [2.24, 2.45) is 0 Å². The second kappa shape index (κ2) is 10.8. The molecule has 9 heteroatoms. The van der Waals surface area contributed by atoms with Crippen LogP contribution >= 0.6 is 23.2 Å². The number of carbonyl (C=O) groups is 2. The Hall–Kier alpha value is -2.90. The van der Waals surface area contributed by atoms with Gasteiger partial charge >= 0.3 is 12.0 Å². The molecule has 2 amide bonds. The lowest BCUT2D eigenvalue weighted by Gasteiger charge is -2.31. The van der Waals surface area contributed by atoms with Crippen LogP contribution in [0.25, 0.3) is 5.70 Å². The molecule has 176 valence electrons. The number of benzene rings is 2. The number of urea groups is 1. The summed E-state index contributed by atoms with van der Waals surface area (Å²) in [5.41, 5.74) is 1.59. The summed E-state index contributed by atoms with van der Waals surface area (Å²) in [6, 6.07) is 9.21. The van der Waals surface area contributed by atoms with Crippen molar-refractivity contribution in [3.63, 3.8) is 0 Å². The van der Waals surface area contributed by atoms with E-state index >= 15 is 0 Å². The van der Waals surface area contributed by atoms with Gasteiger partial charge in [-0.2, -0.15) is 0 Å². The predicted molar refractivity (Wildman–Crippen MR) is 128 cm³/mol. The maximum Gasteiger partial charge on any atom is 0.338 e. The van der Waals surface area contributed by atoms with Crippen LogP contribution in [0.1, 0.15) is 44.9 Å². The van der Waals surface area contributed by atoms with E-state index in [4.69, 9.17) is 37.4 Å². The van der Waals surface area contributed by atoms with E-state index in [9.17, 15) is 9.59 Å². The Kier molecular flexibility index (Phi) is 8.10. The molecular weight excluding hydrogens is 467 g/mol. The Balaban J connectivity index is 2.29. The fourth-order valence-corrected chi connectivity index (χ4v) is 4.15. The van der Waals surface area contributed by atoms with Gasteiger partial charge in [-0.3, -0.25) is 0 Å². The van der Waals surface area contributed by atoms with Crippen molar-refractivity contribution >= 4 is 40.9 Å². The Labute approximate surface area is 203 Å². The van der Waals surface area contributed by atoms with Crippen LogP contribution in [-0.2, 0) is 9.53 Å². The van der Waals surface area contributed by atoms with Gasteiger partial charge in [0.2, 0.25) is 0 Å². The summed E-state index contributed by atoms with van der Waals surface area (Å²) in [7, 11) is 0. The van der Waals surface area contributed by atoms with E-state index in [2.05, 4.69) is 10.6 Å². The molecule has 3 rings (SSSR count). The SMILES string of the molecule is CCOc1c(Cl)cc(C2NC(=O)NC(c3ccccc3)=C2C(=O)OC(C)C)c(OCC)c1Cl. The van der Waals surface area contributed by atoms with Crippen LogP contribution in [0.3, 0.4) is 0 Å². The molecule has 0 saturated heterocycles. The molecule has 1 aliphatic heterocycles. The van der Waals surface area contributed by atoms with Crippen molar-refractivity contribution in [2.75, 3.05) is 13.2 Å². The second-order valence-electron chi connectivity index (χ2n) is 7.43. The lowest BCUT2D eigenvalue weighted by molar-refractivity contribution is -0.143. The summed E-state index contributed by atoms with van der Waals surface area (Å²) in [6.07, 6.45) is -0.376. The summed E-state index contributed by atoms with van der Waals surface area (Å²) in [5.74, 6) is -0.0572. The minimum atomic E-state index is -0.938. The van der Waals surface area contributed by atoms with E-state index < -0.39 is 18.0 Å². The van der Waals surface area contributed by atoms with Crippen LogP contribution < -0.4 is 20.1 Å². The van der Waals surface area contributed by atoms with Crippen molar-refractivity contribution in [3.05, 3.63) is 63.1 Å². The zero-order valence-electron chi connectivity index (χ0n) is 18.8. The van der Waals surface area contributed by atoms with Gasteiger partial charge in [0.25, 0.3) is 0 Å². The van der Waals surface area contributed by atoms with Crippen LogP contribution in [0.15, 0.2) is 42.0 Å². The third-order valence-electron chi connectivity index (χ3n) is 4.75. The first-order chi connectivity index (χ1) is 15.8. The summed E-state index contributed by atoms with van der Waals surface area (Å²) >= 11 is 13.1. The topological polar surface area (TPSA) is 85.9 Å². The molecule has 0 aliphatic carbocycles. The zero-order chi connectivity index (χ0) is 24.1. The normalized spacial score (nSPS) is 15.7. The first-order valence-corrected chi connectivity index (χ1v) is 11.4. The Morgan fingerprint density at radius 3 is 2.30 bits per heavy atom. The van der Waals surface area contributed by atoms with E-state index in [1.165, 1.54) is 0 Å². The third-order valence-corrected chi connectivity index (χ3v) is 5.37. The number of halogens is 2. The highest BCUT2D eigenvalue weighted by Crippen LogP contribution is 2.47. The van der Waals surface area contributed by atoms with Gasteiger partial charge in [-0.1, -0.05) is 53.5 Å². The van der Waals surface area contributed by atoms with Crippen molar-refractivity contribution in [1.82, 2.24) is 10.6 Å². The first kappa shape index (κ1) is 24.7. The van der Waals surface area contributed by atoms with E-state index in [-0.39, 0.29) is 33.2 Å². The Morgan fingerprint density at radius 1 is 1.06 bits per heavy atom. The number of esters is 1. The van der Waals surface area contributed by atoms with Gasteiger partial charge in [-0.05, 0) is 39.3 Å². The molecule has 0 aromatic heterocycles. The molecule has 2 aromatic rings. The summed E-state index contributed by atoms with van der Waals surface area (Å²) < 4.78 is 17.0. The highest BCUT2D eigenvalue weighted by atomic mass is 35.5. The van der Waals surface area contributed by atoms with Gasteiger partial charge in [0.1, 0.15) is 10.8 Å². The molecule has 2 N–H and O–H groups in total. The van der Waals surface area contributed by atoms with E-state index in [1.54, 1.807) is 39.0 Å². The number of nitrogens with one attached hydrogen (secondary N) is 2. The molecule has 1 aliphatic rings. The number of hydrogen-bond acceptors (Lipinski definition) is 5. The largest absolute Gasteiger partial charge is 0.492 e. The Bertz CT molecular complexity index is 1070. The van der Waals surface area contributed by atoms with Gasteiger partial charge in [-0.15, -0.1) is 0 Å². The van der Waals surface area contributed by atoms with E-state index in [0.29, 0.717) is 30.0 Å². The zero-order valence-corrected chi connectivity index (χ0v) is 20.3.